The van der Waals surface area contributed by atoms with Crippen molar-refractivity contribution in [3.63, 3.8) is 0 Å². The fourth-order valence-electron chi connectivity index (χ4n) is 3.46. The minimum Gasteiger partial charge on any atom is -0.365 e. The van der Waals surface area contributed by atoms with E-state index in [2.05, 4.69) is 53.5 Å². The number of piperazine rings is 1. The van der Waals surface area contributed by atoms with E-state index in [1.807, 2.05) is 34.8 Å². The van der Waals surface area contributed by atoms with Crippen LogP contribution < -0.4 is 9.80 Å². The van der Waals surface area contributed by atoms with Crippen LogP contribution in [0.1, 0.15) is 0 Å². The van der Waals surface area contributed by atoms with Crippen LogP contribution >= 0.6 is 0 Å². The molecule has 9 heteroatoms. The van der Waals surface area contributed by atoms with Gasteiger partial charge >= 0.3 is 0 Å². The molecule has 0 spiro atoms. The fourth-order valence-corrected chi connectivity index (χ4v) is 3.46. The van der Waals surface area contributed by atoms with Gasteiger partial charge in [0.2, 0.25) is 5.95 Å². The molecule has 0 aromatic carbocycles. The molecule has 0 bridgehead atoms. The molecule has 5 heterocycles. The van der Waals surface area contributed by atoms with E-state index < -0.39 is 0 Å². The maximum atomic E-state index is 4.56. The van der Waals surface area contributed by atoms with Gasteiger partial charge in [-0.3, -0.25) is 9.78 Å². The molecule has 132 valence electrons. The lowest BCUT2D eigenvalue weighted by Crippen LogP contribution is -2.46. The Bertz CT molecular complexity index is 1020. The number of pyridine rings is 1. The predicted octanol–water partition coefficient (Wildman–Crippen LogP) is 1.18. The predicted molar refractivity (Wildman–Crippen MR) is 98.2 cm³/mol. The molecule has 1 aliphatic heterocycles. The van der Waals surface area contributed by atoms with E-state index in [-0.39, 0.29) is 0 Å². The average molecular weight is 349 g/mol. The van der Waals surface area contributed by atoms with Crippen LogP contribution in [0, 0.1) is 0 Å². The van der Waals surface area contributed by atoms with Crippen molar-refractivity contribution in [2.24, 2.45) is 7.05 Å². The third kappa shape index (κ3) is 2.48. The Labute approximate surface area is 149 Å². The number of hydrogen-bond donors (Lipinski definition) is 1. The lowest BCUT2D eigenvalue weighted by atomic mass is 10.1. The first-order chi connectivity index (χ1) is 12.8. The van der Waals surface area contributed by atoms with E-state index in [1.54, 1.807) is 6.33 Å². The molecule has 1 aliphatic rings. The maximum absolute atomic E-state index is 4.56. The SMILES string of the molecule is Cn1cc(-c2ccc3c(N4CCN(c5nc[nH]n5)CC4)cnn3c2)cn1. The zero-order chi connectivity index (χ0) is 17.5. The van der Waals surface area contributed by atoms with Gasteiger partial charge in [0.1, 0.15) is 6.33 Å². The summed E-state index contributed by atoms with van der Waals surface area (Å²) in [5, 5.41) is 15.7. The third-order valence-corrected chi connectivity index (χ3v) is 4.84. The lowest BCUT2D eigenvalue weighted by molar-refractivity contribution is 0.642. The van der Waals surface area contributed by atoms with Crippen molar-refractivity contribution < 1.29 is 0 Å². The number of aromatic nitrogens is 7. The average Bonchev–Trinajstić information content (AvgIpc) is 3.42. The summed E-state index contributed by atoms with van der Waals surface area (Å²) >= 11 is 0. The second-order valence-electron chi connectivity index (χ2n) is 6.45. The van der Waals surface area contributed by atoms with Crippen molar-refractivity contribution in [3.8, 4) is 11.1 Å². The van der Waals surface area contributed by atoms with E-state index in [0.717, 1.165) is 54.5 Å². The number of nitrogens with zero attached hydrogens (tertiary/aromatic N) is 8. The van der Waals surface area contributed by atoms with Gasteiger partial charge in [0.25, 0.3) is 0 Å². The van der Waals surface area contributed by atoms with Gasteiger partial charge in [-0.2, -0.15) is 10.2 Å². The first-order valence-corrected chi connectivity index (χ1v) is 8.60. The summed E-state index contributed by atoms with van der Waals surface area (Å²) in [6.45, 7) is 3.62. The molecule has 5 rings (SSSR count). The molecule has 1 fully saturated rings. The van der Waals surface area contributed by atoms with Crippen molar-refractivity contribution in [2.75, 3.05) is 36.0 Å². The zero-order valence-electron chi connectivity index (χ0n) is 14.4. The van der Waals surface area contributed by atoms with Gasteiger partial charge < -0.3 is 9.80 Å². The Morgan fingerprint density at radius 3 is 2.50 bits per heavy atom. The van der Waals surface area contributed by atoms with Crippen LogP contribution in [0.3, 0.4) is 0 Å². The second-order valence-corrected chi connectivity index (χ2v) is 6.45. The Morgan fingerprint density at radius 1 is 0.923 bits per heavy atom. The number of nitrogens with one attached hydrogen (secondary N) is 1. The van der Waals surface area contributed by atoms with Gasteiger partial charge in [-0.25, -0.2) is 9.50 Å². The van der Waals surface area contributed by atoms with Crippen molar-refractivity contribution in [1.29, 1.82) is 0 Å². The van der Waals surface area contributed by atoms with E-state index >= 15 is 0 Å². The summed E-state index contributed by atoms with van der Waals surface area (Å²) in [5.74, 6) is 0.769. The smallest absolute Gasteiger partial charge is 0.244 e. The topological polar surface area (TPSA) is 83.2 Å². The Balaban J connectivity index is 1.38. The van der Waals surface area contributed by atoms with Crippen molar-refractivity contribution in [2.45, 2.75) is 0 Å². The van der Waals surface area contributed by atoms with Crippen LogP contribution in [-0.4, -0.2) is 60.8 Å². The second kappa shape index (κ2) is 5.87. The molecule has 0 saturated carbocycles. The number of H-pyrrole nitrogens is 1. The van der Waals surface area contributed by atoms with Crippen LogP contribution in [0.25, 0.3) is 16.6 Å². The van der Waals surface area contributed by atoms with E-state index in [1.165, 1.54) is 0 Å². The van der Waals surface area contributed by atoms with E-state index in [4.69, 9.17) is 0 Å². The van der Waals surface area contributed by atoms with Crippen molar-refractivity contribution in [3.05, 3.63) is 43.2 Å². The number of hydrogen-bond acceptors (Lipinski definition) is 6. The number of rotatable bonds is 3. The minimum atomic E-state index is 0.769. The zero-order valence-corrected chi connectivity index (χ0v) is 14.4. The summed E-state index contributed by atoms with van der Waals surface area (Å²) in [6, 6.07) is 4.26. The number of anilines is 2. The normalized spacial score (nSPS) is 15.1. The molecule has 4 aromatic rings. The largest absolute Gasteiger partial charge is 0.365 e. The third-order valence-electron chi connectivity index (χ3n) is 4.84. The summed E-state index contributed by atoms with van der Waals surface area (Å²) < 4.78 is 3.75. The van der Waals surface area contributed by atoms with Crippen LogP contribution in [0.15, 0.2) is 43.2 Å². The highest BCUT2D eigenvalue weighted by Crippen LogP contribution is 2.26. The van der Waals surface area contributed by atoms with E-state index in [0.29, 0.717) is 0 Å². The molecule has 0 unspecified atom stereocenters. The summed E-state index contributed by atoms with van der Waals surface area (Å²) in [5.41, 5.74) is 4.47. The van der Waals surface area contributed by atoms with Gasteiger partial charge in [-0.05, 0) is 6.07 Å². The summed E-state index contributed by atoms with van der Waals surface area (Å²) in [6.07, 6.45) is 9.50. The lowest BCUT2D eigenvalue weighted by Gasteiger charge is -2.34. The number of aromatic amines is 1. The first kappa shape index (κ1) is 14.9. The molecule has 0 atom stereocenters. The Kier molecular flexibility index (Phi) is 3.37. The maximum Gasteiger partial charge on any atom is 0.244 e. The van der Waals surface area contributed by atoms with Crippen molar-refractivity contribution >= 4 is 17.2 Å². The Morgan fingerprint density at radius 2 is 1.77 bits per heavy atom. The van der Waals surface area contributed by atoms with Gasteiger partial charge in [0.05, 0.1) is 23.6 Å². The van der Waals surface area contributed by atoms with Crippen LogP contribution in [0.4, 0.5) is 11.6 Å². The standard InChI is InChI=1S/C17H19N9/c1-23-10-14(8-20-23)13-2-3-15-16(9-21-26(15)11-13)24-4-6-25(7-5-24)17-18-12-19-22-17/h2-3,8-12H,4-7H2,1H3,(H,18,19,22). The summed E-state index contributed by atoms with van der Waals surface area (Å²) in [4.78, 5) is 8.80. The highest BCUT2D eigenvalue weighted by Gasteiger charge is 2.21. The monoisotopic (exact) mass is 349 g/mol. The molecule has 0 amide bonds. The fraction of sp³-hybridized carbons (Fsp3) is 0.294. The molecular weight excluding hydrogens is 330 g/mol. The molecule has 26 heavy (non-hydrogen) atoms. The molecule has 1 N–H and O–H groups in total. The van der Waals surface area contributed by atoms with Gasteiger partial charge in [0.15, 0.2) is 0 Å². The van der Waals surface area contributed by atoms with Gasteiger partial charge in [-0.1, -0.05) is 6.07 Å². The Hall–Kier alpha value is -3.36. The molecule has 0 radical (unpaired) electrons. The highest BCUT2D eigenvalue weighted by molar-refractivity contribution is 5.75. The quantitative estimate of drug-likeness (QED) is 0.598. The molecule has 4 aromatic heterocycles. The number of fused-ring (bicyclic) bond motifs is 1. The summed E-state index contributed by atoms with van der Waals surface area (Å²) in [7, 11) is 1.92. The molecule has 9 nitrogen and oxygen atoms in total. The number of aryl methyl sites for hydroxylation is 1. The first-order valence-electron chi connectivity index (χ1n) is 8.60. The van der Waals surface area contributed by atoms with Crippen LogP contribution in [-0.2, 0) is 7.05 Å². The van der Waals surface area contributed by atoms with Gasteiger partial charge in [0, 0.05) is 56.7 Å². The molecular formula is C17H19N9. The molecule has 1 saturated heterocycles. The highest BCUT2D eigenvalue weighted by atomic mass is 15.4. The van der Waals surface area contributed by atoms with Crippen molar-refractivity contribution in [1.82, 2.24) is 34.6 Å². The van der Waals surface area contributed by atoms with Crippen LogP contribution in [0.2, 0.25) is 0 Å². The molecule has 0 aliphatic carbocycles. The van der Waals surface area contributed by atoms with Gasteiger partial charge in [-0.15, -0.1) is 5.10 Å². The minimum absolute atomic E-state index is 0.769. The van der Waals surface area contributed by atoms with Crippen LogP contribution in [0.5, 0.6) is 0 Å². The van der Waals surface area contributed by atoms with E-state index in [9.17, 15) is 0 Å².